The van der Waals surface area contributed by atoms with Gasteiger partial charge in [-0.1, -0.05) is 42.5 Å². The maximum Gasteiger partial charge on any atom is 0.307 e. The van der Waals surface area contributed by atoms with Crippen LogP contribution in [0, 0.1) is 5.82 Å². The van der Waals surface area contributed by atoms with Gasteiger partial charge in [0.25, 0.3) is 0 Å². The van der Waals surface area contributed by atoms with Gasteiger partial charge in [-0.2, -0.15) is 0 Å². The third-order valence-electron chi connectivity index (χ3n) is 3.69. The second-order valence-corrected chi connectivity index (χ2v) is 5.44. The van der Waals surface area contributed by atoms with Gasteiger partial charge in [0.2, 0.25) is 5.91 Å². The molecule has 1 N–H and O–H groups in total. The minimum absolute atomic E-state index is 0.000784. The number of amides is 1. The molecule has 2 aromatic carbocycles. The molecule has 0 heterocycles. The molecule has 0 saturated carbocycles. The molecule has 2 aromatic rings. The zero-order valence-corrected chi connectivity index (χ0v) is 13.5. The van der Waals surface area contributed by atoms with Gasteiger partial charge in [0.15, 0.2) is 0 Å². The molecule has 5 heteroatoms. The van der Waals surface area contributed by atoms with Crippen LogP contribution >= 0.6 is 0 Å². The Morgan fingerprint density at radius 3 is 2.38 bits per heavy atom. The Hall–Kier alpha value is -2.69. The number of carbonyl (C=O) groups excluding carboxylic acids is 2. The van der Waals surface area contributed by atoms with Gasteiger partial charge in [-0.3, -0.25) is 9.59 Å². The van der Waals surface area contributed by atoms with Crippen LogP contribution in [0.1, 0.15) is 30.0 Å². The number of hydrogen-bond acceptors (Lipinski definition) is 3. The zero-order valence-electron chi connectivity index (χ0n) is 13.5. The fourth-order valence-corrected chi connectivity index (χ4v) is 2.37. The van der Waals surface area contributed by atoms with Gasteiger partial charge in [-0.25, -0.2) is 4.39 Å². The van der Waals surface area contributed by atoms with E-state index in [4.69, 9.17) is 0 Å². The van der Waals surface area contributed by atoms with Gasteiger partial charge < -0.3 is 10.1 Å². The van der Waals surface area contributed by atoms with Crippen LogP contribution in [0.25, 0.3) is 0 Å². The molecule has 0 aliphatic carbocycles. The minimum atomic E-state index is -0.540. The molecule has 1 amide bonds. The van der Waals surface area contributed by atoms with E-state index in [0.29, 0.717) is 18.4 Å². The fourth-order valence-electron chi connectivity index (χ4n) is 2.37. The first-order valence-electron chi connectivity index (χ1n) is 7.74. The topological polar surface area (TPSA) is 55.4 Å². The molecular formula is C19H20FNO3. The van der Waals surface area contributed by atoms with Crippen molar-refractivity contribution in [1.82, 2.24) is 5.32 Å². The molecule has 0 aromatic heterocycles. The van der Waals surface area contributed by atoms with Crippen LogP contribution in [-0.2, 0) is 20.7 Å². The largest absolute Gasteiger partial charge is 0.469 e. The highest BCUT2D eigenvalue weighted by Crippen LogP contribution is 2.18. The molecule has 0 spiro atoms. The Bertz CT molecular complexity index is 671. The third-order valence-corrected chi connectivity index (χ3v) is 3.69. The van der Waals surface area contributed by atoms with Crippen molar-refractivity contribution >= 4 is 11.9 Å². The van der Waals surface area contributed by atoms with Gasteiger partial charge in [0, 0.05) is 6.42 Å². The Balaban J connectivity index is 2.00. The fraction of sp³-hybridized carbons (Fsp3) is 0.263. The normalized spacial score (nSPS) is 11.6. The van der Waals surface area contributed by atoms with Crippen LogP contribution in [-0.4, -0.2) is 19.0 Å². The van der Waals surface area contributed by atoms with Gasteiger partial charge in [0.05, 0.1) is 19.6 Å². The maximum atomic E-state index is 13.1. The zero-order chi connectivity index (χ0) is 17.4. The summed E-state index contributed by atoms with van der Waals surface area (Å²) in [6.07, 6.45) is 0.920. The van der Waals surface area contributed by atoms with Crippen LogP contribution in [0.3, 0.4) is 0 Å². The Kier molecular flexibility index (Phi) is 6.49. The summed E-state index contributed by atoms with van der Waals surface area (Å²) < 4.78 is 17.7. The molecule has 0 fully saturated rings. The summed E-state index contributed by atoms with van der Waals surface area (Å²) in [5.74, 6) is -0.976. The van der Waals surface area contributed by atoms with E-state index < -0.39 is 12.0 Å². The van der Waals surface area contributed by atoms with Crippen LogP contribution in [0.15, 0.2) is 54.6 Å². The number of esters is 1. The van der Waals surface area contributed by atoms with Crippen molar-refractivity contribution in [1.29, 1.82) is 0 Å². The summed E-state index contributed by atoms with van der Waals surface area (Å²) >= 11 is 0. The number of ether oxygens (including phenoxy) is 1. The van der Waals surface area contributed by atoms with Gasteiger partial charge in [0.1, 0.15) is 5.82 Å². The second kappa shape index (κ2) is 8.82. The van der Waals surface area contributed by atoms with Crippen molar-refractivity contribution in [3.63, 3.8) is 0 Å². The summed E-state index contributed by atoms with van der Waals surface area (Å²) in [5.41, 5.74) is 1.73. The molecule has 0 radical (unpaired) electrons. The monoisotopic (exact) mass is 329 g/mol. The molecule has 0 aliphatic rings. The number of rotatable bonds is 7. The number of halogens is 1. The number of carbonyl (C=O) groups is 2. The van der Waals surface area contributed by atoms with Crippen LogP contribution < -0.4 is 5.32 Å². The predicted molar refractivity (Wildman–Crippen MR) is 88.7 cm³/mol. The number of hydrogen-bond donors (Lipinski definition) is 1. The van der Waals surface area contributed by atoms with E-state index in [1.54, 1.807) is 12.1 Å². The summed E-state index contributed by atoms with van der Waals surface area (Å²) in [7, 11) is 1.29. The molecule has 0 bridgehead atoms. The predicted octanol–water partition coefficient (Wildman–Crippen LogP) is 3.18. The molecule has 2 rings (SSSR count). The van der Waals surface area contributed by atoms with Crippen LogP contribution in [0.5, 0.6) is 0 Å². The lowest BCUT2D eigenvalue weighted by atomic mass is 10.0. The van der Waals surface area contributed by atoms with E-state index in [1.165, 1.54) is 19.2 Å². The van der Waals surface area contributed by atoms with E-state index in [1.807, 2.05) is 30.3 Å². The SMILES string of the molecule is COC(=O)C[C@@H](NC(=O)CCc1ccccc1)c1ccc(F)cc1. The Labute approximate surface area is 140 Å². The van der Waals surface area contributed by atoms with E-state index >= 15 is 0 Å². The summed E-state index contributed by atoms with van der Waals surface area (Å²) in [4.78, 5) is 23.8. The van der Waals surface area contributed by atoms with Crippen molar-refractivity contribution < 1.29 is 18.7 Å². The average molecular weight is 329 g/mol. The lowest BCUT2D eigenvalue weighted by Crippen LogP contribution is -2.30. The highest BCUT2D eigenvalue weighted by molar-refractivity contribution is 5.78. The second-order valence-electron chi connectivity index (χ2n) is 5.44. The summed E-state index contributed by atoms with van der Waals surface area (Å²) in [5, 5.41) is 2.83. The Morgan fingerprint density at radius 2 is 1.75 bits per heavy atom. The van der Waals surface area contributed by atoms with Crippen molar-refractivity contribution in [3.05, 3.63) is 71.5 Å². The molecular weight excluding hydrogens is 309 g/mol. The van der Waals surface area contributed by atoms with Gasteiger partial charge in [-0.15, -0.1) is 0 Å². The van der Waals surface area contributed by atoms with Crippen molar-refractivity contribution in [2.45, 2.75) is 25.3 Å². The van der Waals surface area contributed by atoms with Crippen molar-refractivity contribution in [2.75, 3.05) is 7.11 Å². The van der Waals surface area contributed by atoms with Crippen molar-refractivity contribution in [3.8, 4) is 0 Å². The average Bonchev–Trinajstić information content (AvgIpc) is 2.61. The third kappa shape index (κ3) is 5.50. The number of nitrogens with one attached hydrogen (secondary N) is 1. The highest BCUT2D eigenvalue weighted by atomic mass is 19.1. The lowest BCUT2D eigenvalue weighted by molar-refractivity contribution is -0.141. The molecule has 1 atom stereocenters. The molecule has 126 valence electrons. The molecule has 0 saturated heterocycles. The first-order valence-corrected chi connectivity index (χ1v) is 7.74. The Morgan fingerprint density at radius 1 is 1.08 bits per heavy atom. The molecule has 0 unspecified atom stereocenters. The number of benzene rings is 2. The van der Waals surface area contributed by atoms with Crippen molar-refractivity contribution in [2.24, 2.45) is 0 Å². The smallest absolute Gasteiger partial charge is 0.307 e. The number of aryl methyl sites for hydroxylation is 1. The lowest BCUT2D eigenvalue weighted by Gasteiger charge is -2.18. The number of methoxy groups -OCH3 is 1. The van der Waals surface area contributed by atoms with E-state index in [9.17, 15) is 14.0 Å². The van der Waals surface area contributed by atoms with Gasteiger partial charge in [-0.05, 0) is 29.7 Å². The molecule has 4 nitrogen and oxygen atoms in total. The first-order chi connectivity index (χ1) is 11.6. The first kappa shape index (κ1) is 17.7. The van der Waals surface area contributed by atoms with E-state index in [-0.39, 0.29) is 18.1 Å². The van der Waals surface area contributed by atoms with E-state index in [0.717, 1.165) is 5.56 Å². The molecule has 0 aliphatic heterocycles. The minimum Gasteiger partial charge on any atom is -0.469 e. The standard InChI is InChI=1S/C19H20FNO3/c1-24-19(23)13-17(15-8-10-16(20)11-9-15)21-18(22)12-7-14-5-3-2-4-6-14/h2-6,8-11,17H,7,12-13H2,1H3,(H,21,22)/t17-/m1/s1. The quantitative estimate of drug-likeness (QED) is 0.794. The van der Waals surface area contributed by atoms with Gasteiger partial charge >= 0.3 is 5.97 Å². The summed E-state index contributed by atoms with van der Waals surface area (Å²) in [6.45, 7) is 0. The maximum absolute atomic E-state index is 13.1. The summed E-state index contributed by atoms with van der Waals surface area (Å²) in [6, 6.07) is 14.9. The van der Waals surface area contributed by atoms with Crippen LogP contribution in [0.4, 0.5) is 4.39 Å². The molecule has 24 heavy (non-hydrogen) atoms. The highest BCUT2D eigenvalue weighted by Gasteiger charge is 2.19. The van der Waals surface area contributed by atoms with Crippen LogP contribution in [0.2, 0.25) is 0 Å². The van der Waals surface area contributed by atoms with E-state index in [2.05, 4.69) is 10.1 Å².